The zero-order chi connectivity index (χ0) is 14.5. The third-order valence-electron chi connectivity index (χ3n) is 3.54. The van der Waals surface area contributed by atoms with E-state index in [4.69, 9.17) is 4.74 Å². The molecule has 1 heterocycles. The Morgan fingerprint density at radius 2 is 2.10 bits per heavy atom. The Morgan fingerprint density at radius 1 is 1.40 bits per heavy atom. The SMILES string of the molecule is CC(NC(=O)N1CCCCC1C)Oc1ccc(O)cc1. The number of phenols is 1. The van der Waals surface area contributed by atoms with E-state index in [1.165, 1.54) is 6.42 Å². The van der Waals surface area contributed by atoms with Crippen LogP contribution in [-0.4, -0.2) is 34.9 Å². The number of phenolic OH excluding ortho intramolecular Hbond substituents is 1. The molecule has 0 radical (unpaired) electrons. The molecule has 1 saturated heterocycles. The topological polar surface area (TPSA) is 61.8 Å². The van der Waals surface area contributed by atoms with E-state index in [-0.39, 0.29) is 17.8 Å². The van der Waals surface area contributed by atoms with Gasteiger partial charge >= 0.3 is 6.03 Å². The van der Waals surface area contributed by atoms with Crippen molar-refractivity contribution >= 4 is 6.03 Å². The third-order valence-corrected chi connectivity index (χ3v) is 3.54. The molecular formula is C15H22N2O3. The van der Waals surface area contributed by atoms with Gasteiger partial charge in [0.1, 0.15) is 11.5 Å². The number of benzene rings is 1. The maximum Gasteiger partial charge on any atom is 0.320 e. The van der Waals surface area contributed by atoms with E-state index in [0.29, 0.717) is 5.75 Å². The van der Waals surface area contributed by atoms with Crippen LogP contribution >= 0.6 is 0 Å². The van der Waals surface area contributed by atoms with Gasteiger partial charge in [-0.1, -0.05) is 0 Å². The number of ether oxygens (including phenoxy) is 1. The van der Waals surface area contributed by atoms with Crippen LogP contribution in [0.1, 0.15) is 33.1 Å². The first kappa shape index (κ1) is 14.5. The highest BCUT2D eigenvalue weighted by Gasteiger charge is 2.24. The molecule has 5 heteroatoms. The van der Waals surface area contributed by atoms with Crippen LogP contribution in [0.3, 0.4) is 0 Å². The fourth-order valence-corrected chi connectivity index (χ4v) is 2.41. The van der Waals surface area contributed by atoms with E-state index in [9.17, 15) is 9.90 Å². The lowest BCUT2D eigenvalue weighted by Gasteiger charge is -2.34. The summed E-state index contributed by atoms with van der Waals surface area (Å²) in [5, 5.41) is 12.0. The smallest absolute Gasteiger partial charge is 0.320 e. The number of piperidine rings is 1. The minimum Gasteiger partial charge on any atom is -0.508 e. The van der Waals surface area contributed by atoms with Crippen LogP contribution in [0.5, 0.6) is 11.5 Å². The van der Waals surface area contributed by atoms with Gasteiger partial charge in [0, 0.05) is 12.6 Å². The van der Waals surface area contributed by atoms with Gasteiger partial charge in [-0.05, 0) is 57.4 Å². The van der Waals surface area contributed by atoms with Crippen LogP contribution < -0.4 is 10.1 Å². The monoisotopic (exact) mass is 278 g/mol. The Morgan fingerprint density at radius 3 is 2.75 bits per heavy atom. The molecule has 1 fully saturated rings. The predicted molar refractivity (Wildman–Crippen MR) is 76.7 cm³/mol. The number of aromatic hydroxyl groups is 1. The van der Waals surface area contributed by atoms with Crippen LogP contribution in [0.2, 0.25) is 0 Å². The number of likely N-dealkylation sites (tertiary alicyclic amines) is 1. The maximum absolute atomic E-state index is 12.2. The maximum atomic E-state index is 12.2. The second kappa shape index (κ2) is 6.50. The summed E-state index contributed by atoms with van der Waals surface area (Å²) in [6.45, 7) is 4.67. The van der Waals surface area contributed by atoms with Crippen molar-refractivity contribution in [3.63, 3.8) is 0 Å². The summed E-state index contributed by atoms with van der Waals surface area (Å²) >= 11 is 0. The normalized spacial score (nSPS) is 20.3. The molecule has 0 aliphatic carbocycles. The zero-order valence-corrected chi connectivity index (χ0v) is 12.0. The number of rotatable bonds is 3. The molecule has 0 spiro atoms. The Balaban J connectivity index is 1.85. The standard InChI is InChI=1S/C15H22N2O3/c1-11-5-3-4-10-17(11)15(19)16-12(2)20-14-8-6-13(18)7-9-14/h6-9,11-12,18H,3-5,10H2,1-2H3,(H,16,19). The van der Waals surface area contributed by atoms with E-state index in [2.05, 4.69) is 12.2 Å². The number of hydrogen-bond acceptors (Lipinski definition) is 3. The number of nitrogens with zero attached hydrogens (tertiary/aromatic N) is 1. The van der Waals surface area contributed by atoms with E-state index in [0.717, 1.165) is 19.4 Å². The predicted octanol–water partition coefficient (Wildman–Crippen LogP) is 2.70. The minimum atomic E-state index is -0.416. The Bertz CT molecular complexity index is 447. The number of urea groups is 1. The summed E-state index contributed by atoms with van der Waals surface area (Å²) in [5.74, 6) is 0.804. The summed E-state index contributed by atoms with van der Waals surface area (Å²) in [7, 11) is 0. The van der Waals surface area contributed by atoms with Gasteiger partial charge < -0.3 is 20.1 Å². The molecule has 1 aliphatic rings. The highest BCUT2D eigenvalue weighted by molar-refractivity contribution is 5.74. The molecule has 1 aromatic carbocycles. The first-order valence-electron chi connectivity index (χ1n) is 7.09. The lowest BCUT2D eigenvalue weighted by molar-refractivity contribution is 0.129. The van der Waals surface area contributed by atoms with Crippen molar-refractivity contribution in [1.29, 1.82) is 0 Å². The molecule has 2 atom stereocenters. The van der Waals surface area contributed by atoms with E-state index in [1.54, 1.807) is 31.2 Å². The third kappa shape index (κ3) is 3.79. The molecule has 2 unspecified atom stereocenters. The summed E-state index contributed by atoms with van der Waals surface area (Å²) in [6, 6.07) is 6.64. The molecule has 0 bridgehead atoms. The number of hydrogen-bond donors (Lipinski definition) is 2. The molecule has 1 aliphatic heterocycles. The minimum absolute atomic E-state index is 0.0801. The van der Waals surface area contributed by atoms with Gasteiger partial charge in [-0.2, -0.15) is 0 Å². The molecule has 2 N–H and O–H groups in total. The highest BCUT2D eigenvalue weighted by atomic mass is 16.5. The molecule has 0 saturated carbocycles. The van der Waals surface area contributed by atoms with Crippen LogP contribution in [-0.2, 0) is 0 Å². The van der Waals surface area contributed by atoms with Crippen LogP contribution in [0, 0.1) is 0 Å². The molecule has 110 valence electrons. The first-order valence-corrected chi connectivity index (χ1v) is 7.09. The summed E-state index contributed by atoms with van der Waals surface area (Å²) in [5.41, 5.74) is 0. The number of amides is 2. The van der Waals surface area contributed by atoms with Crippen molar-refractivity contribution < 1.29 is 14.6 Å². The summed E-state index contributed by atoms with van der Waals surface area (Å²) in [4.78, 5) is 14.0. The highest BCUT2D eigenvalue weighted by Crippen LogP contribution is 2.18. The molecule has 2 rings (SSSR count). The second-order valence-electron chi connectivity index (χ2n) is 5.24. The lowest BCUT2D eigenvalue weighted by Crippen LogP contribution is -2.50. The van der Waals surface area contributed by atoms with E-state index < -0.39 is 6.23 Å². The molecule has 1 aromatic rings. The fraction of sp³-hybridized carbons (Fsp3) is 0.533. The van der Waals surface area contributed by atoms with Gasteiger partial charge in [-0.15, -0.1) is 0 Å². The Labute approximate surface area is 119 Å². The summed E-state index contributed by atoms with van der Waals surface area (Å²) in [6.07, 6.45) is 2.89. The second-order valence-corrected chi connectivity index (χ2v) is 5.24. The van der Waals surface area contributed by atoms with Crippen molar-refractivity contribution in [1.82, 2.24) is 10.2 Å². The van der Waals surface area contributed by atoms with Crippen molar-refractivity contribution in [2.75, 3.05) is 6.54 Å². The van der Waals surface area contributed by atoms with E-state index >= 15 is 0 Å². The number of nitrogens with one attached hydrogen (secondary N) is 1. The Hall–Kier alpha value is -1.91. The molecule has 5 nitrogen and oxygen atoms in total. The Kier molecular flexibility index (Phi) is 4.71. The summed E-state index contributed by atoms with van der Waals surface area (Å²) < 4.78 is 5.60. The average Bonchev–Trinajstić information content (AvgIpc) is 2.41. The van der Waals surface area contributed by atoms with Crippen LogP contribution in [0.15, 0.2) is 24.3 Å². The van der Waals surface area contributed by atoms with Gasteiger partial charge in [-0.25, -0.2) is 4.79 Å². The van der Waals surface area contributed by atoms with Crippen molar-refractivity contribution in [3.8, 4) is 11.5 Å². The van der Waals surface area contributed by atoms with Crippen molar-refractivity contribution in [2.45, 2.75) is 45.4 Å². The van der Waals surface area contributed by atoms with Gasteiger partial charge in [0.2, 0.25) is 0 Å². The zero-order valence-electron chi connectivity index (χ0n) is 12.0. The van der Waals surface area contributed by atoms with Crippen molar-refractivity contribution in [3.05, 3.63) is 24.3 Å². The molecular weight excluding hydrogens is 256 g/mol. The van der Waals surface area contributed by atoms with Gasteiger partial charge in [0.25, 0.3) is 0 Å². The number of carbonyl (C=O) groups is 1. The fourth-order valence-electron chi connectivity index (χ4n) is 2.41. The van der Waals surface area contributed by atoms with Crippen LogP contribution in [0.4, 0.5) is 4.79 Å². The lowest BCUT2D eigenvalue weighted by atomic mass is 10.0. The average molecular weight is 278 g/mol. The molecule has 2 amide bonds. The molecule has 20 heavy (non-hydrogen) atoms. The van der Waals surface area contributed by atoms with Gasteiger partial charge in [0.05, 0.1) is 0 Å². The largest absolute Gasteiger partial charge is 0.508 e. The van der Waals surface area contributed by atoms with Crippen molar-refractivity contribution in [2.24, 2.45) is 0 Å². The quantitative estimate of drug-likeness (QED) is 0.836. The number of carbonyl (C=O) groups excluding carboxylic acids is 1. The van der Waals surface area contributed by atoms with Gasteiger partial charge in [-0.3, -0.25) is 0 Å². The molecule has 0 aromatic heterocycles. The van der Waals surface area contributed by atoms with E-state index in [1.807, 2.05) is 4.90 Å². The van der Waals surface area contributed by atoms with Crippen LogP contribution in [0.25, 0.3) is 0 Å². The first-order chi connectivity index (χ1) is 9.56. The van der Waals surface area contributed by atoms with Gasteiger partial charge in [0.15, 0.2) is 6.23 Å².